The van der Waals surface area contributed by atoms with Gasteiger partial charge in [0.1, 0.15) is 5.82 Å². The molecule has 0 fully saturated rings. The van der Waals surface area contributed by atoms with Crippen LogP contribution in [-0.2, 0) is 0 Å². The molecule has 100 valence electrons. The highest BCUT2D eigenvalue weighted by Gasteiger charge is 2.17. The van der Waals surface area contributed by atoms with Crippen LogP contribution in [0.5, 0.6) is 0 Å². The third-order valence-electron chi connectivity index (χ3n) is 2.55. The molecule has 0 radical (unpaired) electrons. The summed E-state index contributed by atoms with van der Waals surface area (Å²) in [7, 11) is 0. The van der Waals surface area contributed by atoms with Gasteiger partial charge in [0.2, 0.25) is 0 Å². The summed E-state index contributed by atoms with van der Waals surface area (Å²) in [6.45, 7) is 9.16. The number of carboxylic acid groups (broad SMARTS) is 1. The Balaban J connectivity index is 3.13. The van der Waals surface area contributed by atoms with Crippen LogP contribution in [0.1, 0.15) is 38.1 Å². The largest absolute Gasteiger partial charge is 0.478 e. The summed E-state index contributed by atoms with van der Waals surface area (Å²) in [5, 5.41) is 9.23. The van der Waals surface area contributed by atoms with Gasteiger partial charge in [0.15, 0.2) is 0 Å². The Bertz CT molecular complexity index is 433. The number of nitrogens with zero attached hydrogens (tertiary/aromatic N) is 2. The highest BCUT2D eigenvalue weighted by Crippen LogP contribution is 2.22. The second-order valence-electron chi connectivity index (χ2n) is 4.97. The second-order valence-corrected chi connectivity index (χ2v) is 5.37. The van der Waals surface area contributed by atoms with Crippen LogP contribution in [0, 0.1) is 5.92 Å². The van der Waals surface area contributed by atoms with E-state index in [2.05, 4.69) is 37.6 Å². The van der Waals surface area contributed by atoms with Crippen molar-refractivity contribution in [2.45, 2.75) is 33.7 Å². The van der Waals surface area contributed by atoms with Gasteiger partial charge in [0.05, 0.1) is 10.6 Å². The highest BCUT2D eigenvalue weighted by atomic mass is 35.5. The normalized spacial score (nSPS) is 11.1. The van der Waals surface area contributed by atoms with E-state index in [0.717, 1.165) is 6.54 Å². The summed E-state index contributed by atoms with van der Waals surface area (Å²) in [5.41, 5.74) is 0.0936. The maximum atomic E-state index is 11.1. The molecule has 0 aliphatic rings. The van der Waals surface area contributed by atoms with Gasteiger partial charge in [0.25, 0.3) is 0 Å². The van der Waals surface area contributed by atoms with Crippen molar-refractivity contribution in [1.82, 2.24) is 4.98 Å². The predicted molar refractivity (Wildman–Crippen MR) is 73.5 cm³/mol. The third kappa shape index (κ3) is 3.60. The number of rotatable bonds is 5. The molecule has 0 spiro atoms. The fourth-order valence-corrected chi connectivity index (χ4v) is 1.90. The first kappa shape index (κ1) is 14.8. The molecule has 4 nitrogen and oxygen atoms in total. The molecule has 1 heterocycles. The number of pyridine rings is 1. The SMILES string of the molecule is CC(C)CN(c1cc(C(=O)O)c(Cl)cn1)C(C)C. The first-order chi connectivity index (χ1) is 8.32. The van der Waals surface area contributed by atoms with Crippen molar-refractivity contribution in [1.29, 1.82) is 0 Å². The molecule has 18 heavy (non-hydrogen) atoms. The zero-order chi connectivity index (χ0) is 13.9. The van der Waals surface area contributed by atoms with Crippen molar-refractivity contribution in [3.8, 4) is 0 Å². The lowest BCUT2D eigenvalue weighted by Crippen LogP contribution is -2.34. The molecule has 0 bridgehead atoms. The molecule has 1 aromatic rings. The summed E-state index contributed by atoms with van der Waals surface area (Å²) in [6, 6.07) is 1.79. The van der Waals surface area contributed by atoms with Gasteiger partial charge in [-0.2, -0.15) is 0 Å². The quantitative estimate of drug-likeness (QED) is 0.892. The van der Waals surface area contributed by atoms with Crippen LogP contribution in [0.2, 0.25) is 5.02 Å². The molecule has 0 saturated carbocycles. The van der Waals surface area contributed by atoms with E-state index in [0.29, 0.717) is 11.7 Å². The van der Waals surface area contributed by atoms with E-state index in [-0.39, 0.29) is 16.6 Å². The van der Waals surface area contributed by atoms with Crippen LogP contribution in [-0.4, -0.2) is 28.6 Å². The smallest absolute Gasteiger partial charge is 0.337 e. The summed E-state index contributed by atoms with van der Waals surface area (Å²) in [6.07, 6.45) is 1.40. The van der Waals surface area contributed by atoms with Crippen molar-refractivity contribution in [2.24, 2.45) is 5.92 Å². The van der Waals surface area contributed by atoms with Gasteiger partial charge in [0, 0.05) is 18.8 Å². The van der Waals surface area contributed by atoms with Crippen LogP contribution >= 0.6 is 11.6 Å². The maximum absolute atomic E-state index is 11.1. The van der Waals surface area contributed by atoms with E-state index in [1.165, 1.54) is 12.3 Å². The van der Waals surface area contributed by atoms with Gasteiger partial charge in [-0.1, -0.05) is 25.4 Å². The number of aromatic carboxylic acids is 1. The fraction of sp³-hybridized carbons (Fsp3) is 0.538. The Morgan fingerprint density at radius 3 is 2.50 bits per heavy atom. The lowest BCUT2D eigenvalue weighted by atomic mass is 10.1. The summed E-state index contributed by atoms with van der Waals surface area (Å²) in [5.74, 6) is 0.0931. The van der Waals surface area contributed by atoms with E-state index in [1.54, 1.807) is 0 Å². The van der Waals surface area contributed by atoms with Crippen LogP contribution in [0.4, 0.5) is 5.82 Å². The van der Waals surface area contributed by atoms with Crippen molar-refractivity contribution in [2.75, 3.05) is 11.4 Å². The van der Waals surface area contributed by atoms with Crippen molar-refractivity contribution in [3.05, 3.63) is 22.8 Å². The highest BCUT2D eigenvalue weighted by molar-refractivity contribution is 6.33. The molecule has 0 aromatic carbocycles. The molecule has 1 rings (SSSR count). The summed E-state index contributed by atoms with van der Waals surface area (Å²) >= 11 is 5.82. The number of halogens is 1. The molecule has 1 aromatic heterocycles. The molecule has 0 amide bonds. The molecule has 0 aliphatic carbocycles. The third-order valence-corrected chi connectivity index (χ3v) is 2.85. The first-order valence-corrected chi connectivity index (χ1v) is 6.36. The maximum Gasteiger partial charge on any atom is 0.337 e. The Labute approximate surface area is 113 Å². The zero-order valence-corrected chi connectivity index (χ0v) is 11.9. The minimum atomic E-state index is -1.03. The van der Waals surface area contributed by atoms with Crippen molar-refractivity contribution >= 4 is 23.4 Å². The van der Waals surface area contributed by atoms with Gasteiger partial charge in [-0.15, -0.1) is 0 Å². The molecule has 0 aliphatic heterocycles. The average Bonchev–Trinajstić information content (AvgIpc) is 2.26. The van der Waals surface area contributed by atoms with Gasteiger partial charge < -0.3 is 10.0 Å². The van der Waals surface area contributed by atoms with Gasteiger partial charge in [-0.05, 0) is 25.8 Å². The monoisotopic (exact) mass is 270 g/mol. The van der Waals surface area contributed by atoms with E-state index >= 15 is 0 Å². The Kier molecular flexibility index (Phi) is 4.96. The lowest BCUT2D eigenvalue weighted by molar-refractivity contribution is 0.0697. The number of aromatic nitrogens is 1. The van der Waals surface area contributed by atoms with Crippen molar-refractivity contribution < 1.29 is 9.90 Å². The van der Waals surface area contributed by atoms with Crippen LogP contribution in [0.15, 0.2) is 12.3 Å². The zero-order valence-electron chi connectivity index (χ0n) is 11.1. The van der Waals surface area contributed by atoms with Gasteiger partial charge >= 0.3 is 5.97 Å². The van der Waals surface area contributed by atoms with Crippen molar-refractivity contribution in [3.63, 3.8) is 0 Å². The molecule has 0 atom stereocenters. The van der Waals surface area contributed by atoms with E-state index in [9.17, 15) is 4.79 Å². The number of hydrogen-bond acceptors (Lipinski definition) is 3. The Morgan fingerprint density at radius 1 is 1.44 bits per heavy atom. The van der Waals surface area contributed by atoms with E-state index in [4.69, 9.17) is 16.7 Å². The van der Waals surface area contributed by atoms with E-state index in [1.807, 2.05) is 0 Å². The number of hydrogen-bond donors (Lipinski definition) is 1. The molecule has 1 N–H and O–H groups in total. The molecule has 0 saturated heterocycles. The average molecular weight is 271 g/mol. The van der Waals surface area contributed by atoms with Gasteiger partial charge in [-0.25, -0.2) is 9.78 Å². The van der Waals surface area contributed by atoms with Crippen LogP contribution in [0.25, 0.3) is 0 Å². The first-order valence-electron chi connectivity index (χ1n) is 5.98. The summed E-state index contributed by atoms with van der Waals surface area (Å²) in [4.78, 5) is 17.4. The molecule has 5 heteroatoms. The number of anilines is 1. The lowest BCUT2D eigenvalue weighted by Gasteiger charge is -2.29. The van der Waals surface area contributed by atoms with Crippen LogP contribution in [0.3, 0.4) is 0 Å². The fourth-order valence-electron chi connectivity index (χ4n) is 1.71. The van der Waals surface area contributed by atoms with E-state index < -0.39 is 5.97 Å². The topological polar surface area (TPSA) is 53.4 Å². The molecular weight excluding hydrogens is 252 g/mol. The standard InChI is InChI=1S/C13H19ClN2O2/c1-8(2)7-16(9(3)4)12-5-10(13(17)18)11(14)6-15-12/h5-6,8-9H,7H2,1-4H3,(H,17,18). The minimum Gasteiger partial charge on any atom is -0.478 e. The molecular formula is C13H19ClN2O2. The van der Waals surface area contributed by atoms with Gasteiger partial charge in [-0.3, -0.25) is 0 Å². The number of carboxylic acids is 1. The van der Waals surface area contributed by atoms with Crippen LogP contribution < -0.4 is 4.90 Å². The minimum absolute atomic E-state index is 0.0936. The molecule has 0 unspecified atom stereocenters. The number of carbonyl (C=O) groups is 1. The predicted octanol–water partition coefficient (Wildman–Crippen LogP) is 3.30. The summed E-state index contributed by atoms with van der Waals surface area (Å²) < 4.78 is 0. The second kappa shape index (κ2) is 6.05. The Morgan fingerprint density at radius 2 is 2.06 bits per heavy atom. The Hall–Kier alpha value is -1.29.